The van der Waals surface area contributed by atoms with E-state index in [4.69, 9.17) is 4.74 Å². The Morgan fingerprint density at radius 3 is 2.89 bits per heavy atom. The summed E-state index contributed by atoms with van der Waals surface area (Å²) in [7, 11) is 0. The standard InChI is InChI=1S/C7H14O2/c1-2-6-3-4-9-5-7(6)8/h6-8H,2-5H2,1H3/t6-,7+/m0/s1. The van der Waals surface area contributed by atoms with Crippen molar-refractivity contribution in [1.29, 1.82) is 0 Å². The second kappa shape index (κ2) is 3.18. The van der Waals surface area contributed by atoms with Gasteiger partial charge < -0.3 is 9.84 Å². The van der Waals surface area contributed by atoms with Crippen LogP contribution in [-0.2, 0) is 4.74 Å². The topological polar surface area (TPSA) is 29.5 Å². The Morgan fingerprint density at radius 1 is 1.67 bits per heavy atom. The van der Waals surface area contributed by atoms with Gasteiger partial charge in [0.2, 0.25) is 0 Å². The normalized spacial score (nSPS) is 36.7. The minimum Gasteiger partial charge on any atom is -0.390 e. The Bertz CT molecular complexity index is 83.0. The van der Waals surface area contributed by atoms with Gasteiger partial charge in [-0.15, -0.1) is 0 Å². The molecule has 0 bridgehead atoms. The molecule has 0 saturated carbocycles. The molecule has 1 rings (SSSR count). The molecular formula is C7H14O2. The molecular weight excluding hydrogens is 116 g/mol. The number of rotatable bonds is 1. The van der Waals surface area contributed by atoms with E-state index in [1.807, 2.05) is 0 Å². The fraction of sp³-hybridized carbons (Fsp3) is 1.00. The lowest BCUT2D eigenvalue weighted by atomic mass is 9.95. The number of hydrogen-bond acceptors (Lipinski definition) is 2. The lowest BCUT2D eigenvalue weighted by Crippen LogP contribution is -2.31. The molecule has 1 heterocycles. The summed E-state index contributed by atoms with van der Waals surface area (Å²) in [5.74, 6) is 0.485. The maximum Gasteiger partial charge on any atom is 0.0802 e. The van der Waals surface area contributed by atoms with Crippen LogP contribution in [0, 0.1) is 5.92 Å². The van der Waals surface area contributed by atoms with Crippen molar-refractivity contribution in [2.45, 2.75) is 25.9 Å². The van der Waals surface area contributed by atoms with E-state index in [2.05, 4.69) is 6.92 Å². The molecule has 54 valence electrons. The molecule has 0 aliphatic carbocycles. The highest BCUT2D eigenvalue weighted by Gasteiger charge is 2.21. The molecule has 2 nitrogen and oxygen atoms in total. The van der Waals surface area contributed by atoms with E-state index in [1.54, 1.807) is 0 Å². The second-order valence-electron chi connectivity index (χ2n) is 2.60. The maximum atomic E-state index is 9.24. The smallest absolute Gasteiger partial charge is 0.0802 e. The fourth-order valence-corrected chi connectivity index (χ4v) is 1.24. The van der Waals surface area contributed by atoms with Gasteiger partial charge in [0, 0.05) is 6.61 Å². The number of aliphatic hydroxyl groups is 1. The van der Waals surface area contributed by atoms with E-state index in [1.165, 1.54) is 0 Å². The fourth-order valence-electron chi connectivity index (χ4n) is 1.24. The van der Waals surface area contributed by atoms with Gasteiger partial charge in [-0.1, -0.05) is 13.3 Å². The van der Waals surface area contributed by atoms with Crippen molar-refractivity contribution < 1.29 is 9.84 Å². The highest BCUT2D eigenvalue weighted by Crippen LogP contribution is 2.17. The van der Waals surface area contributed by atoms with Crippen LogP contribution in [0.4, 0.5) is 0 Å². The summed E-state index contributed by atoms with van der Waals surface area (Å²) >= 11 is 0. The van der Waals surface area contributed by atoms with Gasteiger partial charge in [-0.05, 0) is 12.3 Å². The average Bonchev–Trinajstić information content (AvgIpc) is 1.89. The second-order valence-corrected chi connectivity index (χ2v) is 2.60. The highest BCUT2D eigenvalue weighted by atomic mass is 16.5. The lowest BCUT2D eigenvalue weighted by molar-refractivity contribution is -0.0446. The van der Waals surface area contributed by atoms with Gasteiger partial charge in [-0.25, -0.2) is 0 Å². The minimum absolute atomic E-state index is 0.205. The Hall–Kier alpha value is -0.0800. The van der Waals surface area contributed by atoms with Crippen molar-refractivity contribution in [2.75, 3.05) is 13.2 Å². The third kappa shape index (κ3) is 1.66. The quantitative estimate of drug-likeness (QED) is 0.568. The van der Waals surface area contributed by atoms with Crippen molar-refractivity contribution in [1.82, 2.24) is 0 Å². The van der Waals surface area contributed by atoms with Crippen LogP contribution in [0.15, 0.2) is 0 Å². The van der Waals surface area contributed by atoms with Gasteiger partial charge in [-0.2, -0.15) is 0 Å². The zero-order valence-electron chi connectivity index (χ0n) is 5.84. The summed E-state index contributed by atoms with van der Waals surface area (Å²) < 4.78 is 5.06. The van der Waals surface area contributed by atoms with E-state index < -0.39 is 0 Å². The molecule has 2 heteroatoms. The molecule has 0 spiro atoms. The van der Waals surface area contributed by atoms with E-state index in [9.17, 15) is 5.11 Å². The van der Waals surface area contributed by atoms with Crippen LogP contribution in [0.3, 0.4) is 0 Å². The van der Waals surface area contributed by atoms with Crippen molar-refractivity contribution >= 4 is 0 Å². The van der Waals surface area contributed by atoms with Gasteiger partial charge >= 0.3 is 0 Å². The zero-order valence-corrected chi connectivity index (χ0v) is 5.84. The first-order valence-corrected chi connectivity index (χ1v) is 3.60. The van der Waals surface area contributed by atoms with Crippen LogP contribution >= 0.6 is 0 Å². The van der Waals surface area contributed by atoms with E-state index in [-0.39, 0.29) is 6.10 Å². The molecule has 1 aliphatic heterocycles. The van der Waals surface area contributed by atoms with Gasteiger partial charge in [0.1, 0.15) is 0 Å². The third-order valence-corrected chi connectivity index (χ3v) is 1.99. The largest absolute Gasteiger partial charge is 0.390 e. The summed E-state index contributed by atoms with van der Waals surface area (Å²) in [6.07, 6.45) is 1.89. The molecule has 0 aromatic heterocycles. The molecule has 9 heavy (non-hydrogen) atoms. The Kier molecular flexibility index (Phi) is 2.49. The van der Waals surface area contributed by atoms with E-state index in [0.29, 0.717) is 12.5 Å². The Morgan fingerprint density at radius 2 is 2.44 bits per heavy atom. The number of ether oxygens (including phenoxy) is 1. The van der Waals surface area contributed by atoms with E-state index in [0.717, 1.165) is 19.4 Å². The molecule has 0 aromatic rings. The summed E-state index contributed by atoms with van der Waals surface area (Å²) in [4.78, 5) is 0. The summed E-state index contributed by atoms with van der Waals surface area (Å²) in [5, 5.41) is 9.24. The molecule has 0 unspecified atom stereocenters. The predicted octanol–water partition coefficient (Wildman–Crippen LogP) is 0.794. The van der Waals surface area contributed by atoms with Crippen LogP contribution in [0.1, 0.15) is 19.8 Å². The molecule has 1 aliphatic rings. The Labute approximate surface area is 55.8 Å². The van der Waals surface area contributed by atoms with Gasteiger partial charge in [-0.3, -0.25) is 0 Å². The van der Waals surface area contributed by atoms with Crippen LogP contribution in [-0.4, -0.2) is 24.4 Å². The highest BCUT2D eigenvalue weighted by molar-refractivity contribution is 4.70. The van der Waals surface area contributed by atoms with Crippen molar-refractivity contribution in [3.63, 3.8) is 0 Å². The lowest BCUT2D eigenvalue weighted by Gasteiger charge is -2.26. The van der Waals surface area contributed by atoms with Crippen molar-refractivity contribution in [3.8, 4) is 0 Å². The molecule has 1 saturated heterocycles. The first kappa shape index (κ1) is 7.03. The average molecular weight is 130 g/mol. The number of aliphatic hydroxyl groups excluding tert-OH is 1. The first-order chi connectivity index (χ1) is 4.34. The predicted molar refractivity (Wildman–Crippen MR) is 35.2 cm³/mol. The van der Waals surface area contributed by atoms with Crippen LogP contribution < -0.4 is 0 Å². The van der Waals surface area contributed by atoms with Gasteiger partial charge in [0.05, 0.1) is 12.7 Å². The molecule has 2 atom stereocenters. The summed E-state index contributed by atoms with van der Waals surface area (Å²) in [6.45, 7) is 3.48. The maximum absolute atomic E-state index is 9.24. The molecule has 0 aromatic carbocycles. The summed E-state index contributed by atoms with van der Waals surface area (Å²) in [6, 6.07) is 0. The number of hydrogen-bond donors (Lipinski definition) is 1. The summed E-state index contributed by atoms with van der Waals surface area (Å²) in [5.41, 5.74) is 0. The Balaban J connectivity index is 2.30. The van der Waals surface area contributed by atoms with Gasteiger partial charge in [0.15, 0.2) is 0 Å². The first-order valence-electron chi connectivity index (χ1n) is 3.60. The van der Waals surface area contributed by atoms with Crippen LogP contribution in [0.2, 0.25) is 0 Å². The zero-order chi connectivity index (χ0) is 6.69. The SMILES string of the molecule is CC[C@H]1CCOC[C@H]1O. The molecule has 0 radical (unpaired) electrons. The van der Waals surface area contributed by atoms with E-state index >= 15 is 0 Å². The van der Waals surface area contributed by atoms with Gasteiger partial charge in [0.25, 0.3) is 0 Å². The van der Waals surface area contributed by atoms with Crippen LogP contribution in [0.25, 0.3) is 0 Å². The third-order valence-electron chi connectivity index (χ3n) is 1.99. The minimum atomic E-state index is -0.205. The van der Waals surface area contributed by atoms with Crippen molar-refractivity contribution in [2.24, 2.45) is 5.92 Å². The monoisotopic (exact) mass is 130 g/mol. The molecule has 1 fully saturated rings. The molecule has 0 amide bonds. The molecule has 1 N–H and O–H groups in total. The van der Waals surface area contributed by atoms with Crippen LogP contribution in [0.5, 0.6) is 0 Å². The van der Waals surface area contributed by atoms with Crippen molar-refractivity contribution in [3.05, 3.63) is 0 Å².